The van der Waals surface area contributed by atoms with Crippen LogP contribution in [-0.4, -0.2) is 31.3 Å². The Kier molecular flexibility index (Phi) is 6.63. The summed E-state index contributed by atoms with van der Waals surface area (Å²) in [4.78, 5) is 11.5. The Morgan fingerprint density at radius 3 is 2.00 bits per heavy atom. The van der Waals surface area contributed by atoms with Crippen molar-refractivity contribution in [2.24, 2.45) is 5.41 Å². The number of nitrogens with zero attached hydrogens (tertiary/aromatic N) is 1. The first-order valence-electron chi connectivity index (χ1n) is 4.71. The molecule has 88 valence electrons. The van der Waals surface area contributed by atoms with Gasteiger partial charge in [0, 0.05) is 11.5 Å². The molecule has 0 spiro atoms. The molecule has 15 heavy (non-hydrogen) atoms. The Morgan fingerprint density at radius 1 is 1.33 bits per heavy atom. The summed E-state index contributed by atoms with van der Waals surface area (Å²) >= 11 is 8.31. The number of carboxylic acids is 1. The molecule has 0 aromatic rings. The predicted octanol–water partition coefficient (Wildman–Crippen LogP) is 3.06. The van der Waals surface area contributed by atoms with Crippen LogP contribution in [0.5, 0.6) is 0 Å². The summed E-state index contributed by atoms with van der Waals surface area (Å²) in [5.41, 5.74) is -0.986. The van der Waals surface area contributed by atoms with E-state index in [1.54, 1.807) is 37.7 Å². The van der Waals surface area contributed by atoms with E-state index in [0.717, 1.165) is 11.5 Å². The second-order valence-electron chi connectivity index (χ2n) is 3.33. The number of aliphatic carboxylic acids is 1. The summed E-state index contributed by atoms with van der Waals surface area (Å²) in [5, 5.41) is 9.06. The zero-order valence-corrected chi connectivity index (χ0v) is 11.9. The fraction of sp³-hybridized carbons (Fsp3) is 0.778. The van der Waals surface area contributed by atoms with Crippen molar-refractivity contribution in [2.45, 2.75) is 27.7 Å². The van der Waals surface area contributed by atoms with Crippen LogP contribution in [-0.2, 0) is 4.79 Å². The van der Waals surface area contributed by atoms with E-state index >= 15 is 0 Å². The SMILES string of the molecule is CCSN(SCC)C(=S)C(C)(C)C(=O)O. The first-order valence-corrected chi connectivity index (χ1v) is 7.01. The highest BCUT2D eigenvalue weighted by atomic mass is 32.2. The van der Waals surface area contributed by atoms with Gasteiger partial charge < -0.3 is 5.11 Å². The van der Waals surface area contributed by atoms with Gasteiger partial charge in [-0.05, 0) is 37.7 Å². The van der Waals surface area contributed by atoms with Crippen LogP contribution < -0.4 is 0 Å². The lowest BCUT2D eigenvalue weighted by Crippen LogP contribution is -2.38. The van der Waals surface area contributed by atoms with Crippen molar-refractivity contribution in [3.05, 3.63) is 0 Å². The van der Waals surface area contributed by atoms with Gasteiger partial charge in [0.2, 0.25) is 0 Å². The highest BCUT2D eigenvalue weighted by Crippen LogP contribution is 2.31. The standard InChI is InChI=1S/C9H17NO2S3/c1-5-14-10(15-6-2)7(13)9(3,4)8(11)12/h5-6H2,1-4H3,(H,11,12). The van der Waals surface area contributed by atoms with Crippen LogP contribution in [0.15, 0.2) is 0 Å². The Hall–Kier alpha value is 0.0600. The summed E-state index contributed by atoms with van der Waals surface area (Å²) in [6.07, 6.45) is 0. The molecule has 0 aliphatic heterocycles. The Labute approximate surface area is 105 Å². The maximum Gasteiger partial charge on any atom is 0.316 e. The fourth-order valence-corrected chi connectivity index (χ4v) is 3.20. The first-order chi connectivity index (χ1) is 6.87. The largest absolute Gasteiger partial charge is 0.481 e. The lowest BCUT2D eigenvalue weighted by molar-refractivity contribution is -0.143. The van der Waals surface area contributed by atoms with E-state index in [2.05, 4.69) is 0 Å². The molecule has 0 saturated heterocycles. The second kappa shape index (κ2) is 6.60. The van der Waals surface area contributed by atoms with Crippen LogP contribution in [0.25, 0.3) is 0 Å². The lowest BCUT2D eigenvalue weighted by atomic mass is 9.94. The van der Waals surface area contributed by atoms with Crippen molar-refractivity contribution in [3.63, 3.8) is 0 Å². The van der Waals surface area contributed by atoms with Crippen molar-refractivity contribution in [3.8, 4) is 0 Å². The zero-order valence-electron chi connectivity index (χ0n) is 9.44. The van der Waals surface area contributed by atoms with Gasteiger partial charge in [0.1, 0.15) is 10.4 Å². The third kappa shape index (κ3) is 4.20. The molecule has 1 N–H and O–H groups in total. The molecule has 0 amide bonds. The molecule has 0 fully saturated rings. The van der Waals surface area contributed by atoms with Crippen molar-refractivity contribution >= 4 is 47.1 Å². The predicted molar refractivity (Wildman–Crippen MR) is 72.1 cm³/mol. The van der Waals surface area contributed by atoms with Crippen molar-refractivity contribution in [1.29, 1.82) is 0 Å². The third-order valence-corrected chi connectivity index (χ3v) is 4.63. The van der Waals surface area contributed by atoms with Gasteiger partial charge in [-0.2, -0.15) is 0 Å². The summed E-state index contributed by atoms with van der Waals surface area (Å²) < 4.78 is 1.84. The molecular formula is C9H17NO2S3. The highest BCUT2D eigenvalue weighted by Gasteiger charge is 2.36. The van der Waals surface area contributed by atoms with Crippen LogP contribution in [0.3, 0.4) is 0 Å². The van der Waals surface area contributed by atoms with Crippen molar-refractivity contribution < 1.29 is 9.90 Å². The van der Waals surface area contributed by atoms with E-state index in [9.17, 15) is 4.79 Å². The molecule has 0 bridgehead atoms. The minimum absolute atomic E-state index is 0.466. The molecule has 0 atom stereocenters. The summed E-state index contributed by atoms with van der Waals surface area (Å²) in [6.45, 7) is 7.31. The van der Waals surface area contributed by atoms with Gasteiger partial charge in [-0.25, -0.2) is 0 Å². The van der Waals surface area contributed by atoms with Gasteiger partial charge in [0.25, 0.3) is 0 Å². The van der Waals surface area contributed by atoms with Crippen LogP contribution in [0, 0.1) is 5.41 Å². The summed E-state index contributed by atoms with van der Waals surface area (Å²) in [6, 6.07) is 0. The maximum atomic E-state index is 11.0. The fourth-order valence-electron chi connectivity index (χ4n) is 0.709. The van der Waals surface area contributed by atoms with Gasteiger partial charge in [-0.1, -0.05) is 26.1 Å². The number of hydrogen-bond donors (Lipinski definition) is 1. The third-order valence-electron chi connectivity index (χ3n) is 1.73. The molecule has 3 nitrogen and oxygen atoms in total. The minimum atomic E-state index is -0.986. The normalized spacial score (nSPS) is 11.2. The number of carbonyl (C=O) groups is 1. The van der Waals surface area contributed by atoms with Gasteiger partial charge in [-0.3, -0.25) is 8.51 Å². The molecule has 0 aliphatic rings. The molecule has 6 heteroatoms. The first kappa shape index (κ1) is 15.1. The minimum Gasteiger partial charge on any atom is -0.481 e. The average molecular weight is 267 g/mol. The van der Waals surface area contributed by atoms with Crippen molar-refractivity contribution in [1.82, 2.24) is 3.71 Å². The summed E-state index contributed by atoms with van der Waals surface area (Å²) in [5.74, 6) is 0.872. The summed E-state index contributed by atoms with van der Waals surface area (Å²) in [7, 11) is 0. The highest BCUT2D eigenvalue weighted by molar-refractivity contribution is 8.13. The topological polar surface area (TPSA) is 40.5 Å². The van der Waals surface area contributed by atoms with Crippen LogP contribution in [0.2, 0.25) is 0 Å². The number of rotatable bonds is 6. The second-order valence-corrected chi connectivity index (χ2v) is 6.35. The van der Waals surface area contributed by atoms with E-state index < -0.39 is 11.4 Å². The van der Waals surface area contributed by atoms with E-state index in [1.165, 1.54) is 0 Å². The Bertz CT molecular complexity index is 238. The lowest BCUT2D eigenvalue weighted by Gasteiger charge is -2.29. The number of carboxylic acid groups (broad SMARTS) is 1. The molecular weight excluding hydrogens is 250 g/mol. The van der Waals surface area contributed by atoms with Crippen LogP contribution in [0.4, 0.5) is 0 Å². The van der Waals surface area contributed by atoms with Crippen LogP contribution in [0.1, 0.15) is 27.7 Å². The molecule has 0 aliphatic carbocycles. The average Bonchev–Trinajstić information content (AvgIpc) is 2.16. The molecule has 0 radical (unpaired) electrons. The Morgan fingerprint density at radius 2 is 1.73 bits per heavy atom. The quantitative estimate of drug-likeness (QED) is 0.589. The van der Waals surface area contributed by atoms with Gasteiger partial charge in [0.15, 0.2) is 0 Å². The van der Waals surface area contributed by atoms with Crippen LogP contribution >= 0.6 is 36.1 Å². The molecule has 0 unspecified atom stereocenters. The van der Waals surface area contributed by atoms with E-state index in [0.29, 0.717) is 4.99 Å². The van der Waals surface area contributed by atoms with E-state index in [4.69, 9.17) is 17.3 Å². The molecule has 0 aromatic carbocycles. The van der Waals surface area contributed by atoms with Gasteiger partial charge >= 0.3 is 5.97 Å². The maximum absolute atomic E-state index is 11.0. The van der Waals surface area contributed by atoms with Gasteiger partial charge in [0.05, 0.1) is 0 Å². The monoisotopic (exact) mass is 267 g/mol. The van der Waals surface area contributed by atoms with Crippen molar-refractivity contribution in [2.75, 3.05) is 11.5 Å². The van der Waals surface area contributed by atoms with E-state index in [1.807, 2.05) is 17.6 Å². The number of thiocarbonyl (C=S) groups is 1. The van der Waals surface area contributed by atoms with Gasteiger partial charge in [-0.15, -0.1) is 0 Å². The Balaban J connectivity index is 4.68. The van der Waals surface area contributed by atoms with E-state index in [-0.39, 0.29) is 0 Å². The smallest absolute Gasteiger partial charge is 0.316 e. The molecule has 0 saturated carbocycles. The molecule has 0 heterocycles. The molecule has 0 aromatic heterocycles. The number of hydrogen-bond acceptors (Lipinski definition) is 4. The molecule has 0 rings (SSSR count). The zero-order chi connectivity index (χ0) is 12.1.